The molecule has 0 aliphatic heterocycles. The minimum Gasteiger partial charge on any atom is -0.0888 e. The molecule has 0 atom stereocenters. The molecule has 0 aromatic heterocycles. The summed E-state index contributed by atoms with van der Waals surface area (Å²) in [6.07, 6.45) is 0. The van der Waals surface area contributed by atoms with Gasteiger partial charge in [0, 0.05) is 9.79 Å². The predicted octanol–water partition coefficient (Wildman–Crippen LogP) is 9.33. The van der Waals surface area contributed by atoms with Crippen molar-refractivity contribution >= 4 is 44.1 Å². The molecule has 0 fully saturated rings. The van der Waals surface area contributed by atoms with E-state index in [1.54, 1.807) is 0 Å². The molecule has 0 heterocycles. The third kappa shape index (κ3) is 3.40. The summed E-state index contributed by atoms with van der Waals surface area (Å²) >= 11 is 1.95. The van der Waals surface area contributed by atoms with Gasteiger partial charge in [-0.2, -0.15) is 0 Å². The third-order valence-electron chi connectivity index (χ3n) is 6.31. The molecular weight excluding hydrogens is 392 g/mol. The number of benzene rings is 5. The summed E-state index contributed by atoms with van der Waals surface area (Å²) in [5, 5.41) is 8.16. The van der Waals surface area contributed by atoms with Crippen molar-refractivity contribution < 1.29 is 0 Å². The van der Waals surface area contributed by atoms with Gasteiger partial charge >= 0.3 is 0 Å². The highest BCUT2D eigenvalue weighted by molar-refractivity contribution is 7.99. The van der Waals surface area contributed by atoms with Crippen molar-refractivity contribution in [3.05, 3.63) is 83.9 Å². The summed E-state index contributed by atoms with van der Waals surface area (Å²) in [5.74, 6) is 0. The van der Waals surface area contributed by atoms with E-state index >= 15 is 0 Å². The Labute approximate surface area is 190 Å². The number of hydrogen-bond donors (Lipinski definition) is 0. The lowest BCUT2D eigenvalue weighted by Gasteiger charge is -2.28. The van der Waals surface area contributed by atoms with Crippen LogP contribution < -0.4 is 0 Å². The van der Waals surface area contributed by atoms with E-state index in [2.05, 4.69) is 114 Å². The monoisotopic (exact) mass is 422 g/mol. The summed E-state index contributed by atoms with van der Waals surface area (Å²) in [4.78, 5) is 2.76. The normalized spacial score (nSPS) is 13.0. The van der Waals surface area contributed by atoms with Gasteiger partial charge in [-0.1, -0.05) is 114 Å². The molecule has 0 N–H and O–H groups in total. The lowest BCUT2D eigenvalue weighted by atomic mass is 9.83. The zero-order valence-electron chi connectivity index (χ0n) is 19.3. The molecule has 0 saturated carbocycles. The van der Waals surface area contributed by atoms with Crippen LogP contribution in [-0.2, 0) is 10.8 Å². The van der Waals surface area contributed by atoms with Crippen molar-refractivity contribution in [3.8, 4) is 0 Å². The van der Waals surface area contributed by atoms with Crippen LogP contribution in [-0.4, -0.2) is 0 Å². The van der Waals surface area contributed by atoms with Crippen molar-refractivity contribution in [3.63, 3.8) is 0 Å². The summed E-state index contributed by atoms with van der Waals surface area (Å²) < 4.78 is 0. The van der Waals surface area contributed by atoms with Crippen LogP contribution in [0.1, 0.15) is 52.7 Å². The fourth-order valence-corrected chi connectivity index (χ4v) is 6.34. The molecule has 0 radical (unpaired) electrons. The van der Waals surface area contributed by atoms with E-state index in [0.717, 1.165) is 0 Å². The predicted molar refractivity (Wildman–Crippen MR) is 138 cm³/mol. The van der Waals surface area contributed by atoms with Gasteiger partial charge in [0.05, 0.1) is 0 Å². The van der Waals surface area contributed by atoms with Gasteiger partial charge in [0.25, 0.3) is 0 Å². The van der Waals surface area contributed by atoms with Gasteiger partial charge in [0.1, 0.15) is 0 Å². The third-order valence-corrected chi connectivity index (χ3v) is 7.53. The van der Waals surface area contributed by atoms with Crippen LogP contribution in [0.15, 0.2) is 82.6 Å². The Kier molecular flexibility index (Phi) is 4.61. The van der Waals surface area contributed by atoms with Gasteiger partial charge < -0.3 is 0 Å². The molecule has 0 nitrogen and oxygen atoms in total. The molecule has 156 valence electrons. The Morgan fingerprint density at radius 1 is 0.548 bits per heavy atom. The SMILES string of the molecule is CC(C)(C)c1ccccc1Sc1c(C(C)(C)C)cc2ccc3cccc4ccc1c2c34. The van der Waals surface area contributed by atoms with Gasteiger partial charge in [-0.05, 0) is 66.4 Å². The zero-order chi connectivity index (χ0) is 22.0. The molecule has 0 aliphatic carbocycles. The van der Waals surface area contributed by atoms with Gasteiger partial charge in [0.2, 0.25) is 0 Å². The Balaban J connectivity index is 1.87. The summed E-state index contributed by atoms with van der Waals surface area (Å²) in [6, 6.07) is 27.2. The van der Waals surface area contributed by atoms with Crippen LogP contribution in [0.5, 0.6) is 0 Å². The fourth-order valence-electron chi connectivity index (χ4n) is 4.74. The molecule has 0 unspecified atom stereocenters. The van der Waals surface area contributed by atoms with Crippen LogP contribution >= 0.6 is 11.8 Å². The van der Waals surface area contributed by atoms with Crippen LogP contribution in [0.4, 0.5) is 0 Å². The van der Waals surface area contributed by atoms with E-state index < -0.39 is 0 Å². The average Bonchev–Trinajstić information content (AvgIpc) is 2.71. The minimum absolute atomic E-state index is 0.0590. The van der Waals surface area contributed by atoms with E-state index in [-0.39, 0.29) is 10.8 Å². The molecular formula is C30H30S. The quantitative estimate of drug-likeness (QED) is 0.255. The van der Waals surface area contributed by atoms with Crippen molar-refractivity contribution in [2.45, 2.75) is 62.2 Å². The molecule has 5 aromatic carbocycles. The first kappa shape index (κ1) is 20.4. The largest absolute Gasteiger partial charge is 0.0888 e. The van der Waals surface area contributed by atoms with Crippen molar-refractivity contribution in [2.24, 2.45) is 0 Å². The molecule has 0 aliphatic rings. The topological polar surface area (TPSA) is 0 Å². The van der Waals surface area contributed by atoms with E-state index in [9.17, 15) is 0 Å². The zero-order valence-corrected chi connectivity index (χ0v) is 20.2. The minimum atomic E-state index is 0.0590. The highest BCUT2D eigenvalue weighted by Gasteiger charge is 2.25. The van der Waals surface area contributed by atoms with Gasteiger partial charge in [-0.3, -0.25) is 0 Å². The maximum Gasteiger partial charge on any atom is 0.0238 e. The van der Waals surface area contributed by atoms with Crippen LogP contribution in [0.3, 0.4) is 0 Å². The molecule has 1 heteroatoms. The molecule has 0 amide bonds. The molecule has 5 aromatic rings. The number of rotatable bonds is 2. The van der Waals surface area contributed by atoms with Crippen LogP contribution in [0.25, 0.3) is 32.3 Å². The first-order chi connectivity index (χ1) is 14.6. The number of hydrogen-bond acceptors (Lipinski definition) is 1. The lowest BCUT2D eigenvalue weighted by Crippen LogP contribution is -2.14. The van der Waals surface area contributed by atoms with Crippen LogP contribution in [0.2, 0.25) is 0 Å². The summed E-state index contributed by atoms with van der Waals surface area (Å²) in [5.41, 5.74) is 3.00. The Bertz CT molecular complexity index is 1390. The second-order valence-electron chi connectivity index (χ2n) is 10.7. The van der Waals surface area contributed by atoms with Crippen molar-refractivity contribution in [1.29, 1.82) is 0 Å². The Morgan fingerprint density at radius 2 is 1.16 bits per heavy atom. The smallest absolute Gasteiger partial charge is 0.0238 e. The van der Waals surface area contributed by atoms with Gasteiger partial charge in [-0.25, -0.2) is 0 Å². The molecule has 0 bridgehead atoms. The van der Waals surface area contributed by atoms with E-state index in [4.69, 9.17) is 0 Å². The highest BCUT2D eigenvalue weighted by Crippen LogP contribution is 2.47. The first-order valence-electron chi connectivity index (χ1n) is 11.1. The molecule has 0 saturated heterocycles. The van der Waals surface area contributed by atoms with Gasteiger partial charge in [-0.15, -0.1) is 0 Å². The molecule has 5 rings (SSSR count). The van der Waals surface area contributed by atoms with Crippen LogP contribution in [0, 0.1) is 0 Å². The lowest BCUT2D eigenvalue weighted by molar-refractivity contribution is 0.576. The Morgan fingerprint density at radius 3 is 1.84 bits per heavy atom. The highest BCUT2D eigenvalue weighted by atomic mass is 32.2. The summed E-state index contributed by atoms with van der Waals surface area (Å²) in [7, 11) is 0. The van der Waals surface area contributed by atoms with E-state index in [0.29, 0.717) is 0 Å². The second kappa shape index (κ2) is 7.00. The van der Waals surface area contributed by atoms with Gasteiger partial charge in [0.15, 0.2) is 0 Å². The average molecular weight is 423 g/mol. The van der Waals surface area contributed by atoms with Crippen molar-refractivity contribution in [1.82, 2.24) is 0 Å². The van der Waals surface area contributed by atoms with E-state index in [1.807, 2.05) is 11.8 Å². The summed E-state index contributed by atoms with van der Waals surface area (Å²) in [6.45, 7) is 13.9. The van der Waals surface area contributed by atoms with Crippen molar-refractivity contribution in [2.75, 3.05) is 0 Å². The standard InChI is InChI=1S/C30H30S/c1-29(2,3)23-12-7-8-13-25(23)31-28-22-17-16-20-11-9-10-19-14-15-21(27(22)26(19)20)18-24(28)30(4,5)6/h7-18H,1-6H3. The maximum absolute atomic E-state index is 2.44. The van der Waals surface area contributed by atoms with E-state index in [1.165, 1.54) is 53.2 Å². The first-order valence-corrected chi connectivity index (χ1v) is 11.9. The molecule has 0 spiro atoms. The Hall–Kier alpha value is -2.51. The fraction of sp³-hybridized carbons (Fsp3) is 0.267. The molecule has 31 heavy (non-hydrogen) atoms. The maximum atomic E-state index is 2.44. The second-order valence-corrected chi connectivity index (χ2v) is 11.8.